The fourth-order valence-corrected chi connectivity index (χ4v) is 9.56. The first-order valence-electron chi connectivity index (χ1n) is 27.0. The van der Waals surface area contributed by atoms with E-state index in [9.17, 15) is 68.4 Å². The average Bonchev–Trinajstić information content (AvgIpc) is 3.46. The minimum Gasteiger partial charge on any atom is -0.508 e. The summed E-state index contributed by atoms with van der Waals surface area (Å²) in [6.07, 6.45) is -4.09. The number of benzene rings is 3. The predicted octanol–water partition coefficient (Wildman–Crippen LogP) is 1.48. The summed E-state index contributed by atoms with van der Waals surface area (Å²) in [5.74, 6) is -10.7. The van der Waals surface area contributed by atoms with Crippen LogP contribution in [-0.2, 0) is 71.9 Å². The van der Waals surface area contributed by atoms with Gasteiger partial charge in [-0.25, -0.2) is 9.59 Å². The molecule has 0 radical (unpaired) electrons. The zero-order valence-corrected chi connectivity index (χ0v) is 46.2. The van der Waals surface area contributed by atoms with Gasteiger partial charge in [-0.3, -0.25) is 38.4 Å². The number of piperidine rings is 1. The van der Waals surface area contributed by atoms with E-state index in [1.807, 2.05) is 0 Å². The third-order valence-electron chi connectivity index (χ3n) is 14.4. The van der Waals surface area contributed by atoms with Gasteiger partial charge in [0, 0.05) is 39.2 Å². The molecule has 2 fully saturated rings. The monoisotopic (exact) mass is 1110 g/mol. The molecule has 2 heterocycles. The van der Waals surface area contributed by atoms with Crippen molar-refractivity contribution < 1.29 is 73.1 Å². The topological polar surface area (TPSA) is 340 Å². The molecule has 3 aromatic carbocycles. The van der Waals surface area contributed by atoms with Gasteiger partial charge < -0.3 is 66.9 Å². The quantitative estimate of drug-likeness (QED) is 0.0761. The number of hydrogen-bond donors (Lipinski definition) is 10. The van der Waals surface area contributed by atoms with Crippen molar-refractivity contribution in [3.63, 3.8) is 0 Å². The second kappa shape index (κ2) is 29.2. The molecule has 10 N–H and O–H groups in total. The van der Waals surface area contributed by atoms with E-state index >= 15 is 0 Å². The lowest BCUT2D eigenvalue weighted by atomic mass is 9.93. The van der Waals surface area contributed by atoms with Crippen LogP contribution in [0.3, 0.4) is 0 Å². The van der Waals surface area contributed by atoms with E-state index in [1.54, 1.807) is 65.0 Å². The number of ether oxygens (including phenoxy) is 1. The Balaban J connectivity index is 1.53. The molecule has 23 nitrogen and oxygen atoms in total. The zero-order chi connectivity index (χ0) is 59.0. The molecule has 2 aliphatic rings. The maximum atomic E-state index is 14.9. The molecule has 23 heteroatoms. The Labute approximate surface area is 464 Å². The van der Waals surface area contributed by atoms with E-state index in [1.165, 1.54) is 62.5 Å². The standard InChI is InChI=1S/C57H76N8O15/c1-8-13-44(68)58-41(28-35-16-20-37(66)21-17-35)50(71)60-40(56(77)78)24-26-45(69)62-48-33(6)80-57(79)47(32(5)9-2)63-52(73)43(30-34-14-11-10-12-15-34)64(7)55(76)49(31(3)4)65-46(70)27-25-39(54(65)75)59-51(72)42(61-53(48)74)29-36-18-22-38(67)23-19-36/h10-12,14-23,31-33,39-43,46-49,66-67,70H,8-9,13,24-30H2,1-7H3,(H,58,68)(H,59,72)(H,60,71)(H,61,74)(H,62,69)(H,63,73)(H,77,78)/t32-,33+,39-,40-,41-,42-,43-,46+,47-,48-,49-/m0/s1. The van der Waals surface area contributed by atoms with E-state index in [0.717, 1.165) is 9.80 Å². The number of carboxylic acids is 1. The number of nitrogens with one attached hydrogen (secondary N) is 6. The number of aliphatic carboxylic acids is 1. The number of likely N-dealkylation sites (N-methyl/N-ethyl adjacent to an activating group) is 1. The van der Waals surface area contributed by atoms with Gasteiger partial charge in [0.2, 0.25) is 47.3 Å². The molecule has 0 aliphatic carbocycles. The van der Waals surface area contributed by atoms with Crippen molar-refractivity contribution in [2.24, 2.45) is 11.8 Å². The van der Waals surface area contributed by atoms with Crippen LogP contribution in [-0.4, -0.2) is 157 Å². The van der Waals surface area contributed by atoms with Crippen molar-refractivity contribution in [1.82, 2.24) is 41.7 Å². The van der Waals surface area contributed by atoms with Crippen LogP contribution in [0, 0.1) is 11.8 Å². The second-order valence-electron chi connectivity index (χ2n) is 20.9. The Morgan fingerprint density at radius 1 is 0.713 bits per heavy atom. The van der Waals surface area contributed by atoms with Gasteiger partial charge in [-0.1, -0.05) is 95.6 Å². The molecule has 0 unspecified atom stereocenters. The summed E-state index contributed by atoms with van der Waals surface area (Å²) in [6, 6.07) is 8.35. The van der Waals surface area contributed by atoms with Gasteiger partial charge >= 0.3 is 11.9 Å². The molecule has 2 bridgehead atoms. The number of phenolic OH excluding ortho intramolecular Hbond substituents is 2. The second-order valence-corrected chi connectivity index (χ2v) is 20.9. The number of amides is 8. The number of carboxylic acid groups (broad SMARTS) is 1. The molecule has 0 aromatic heterocycles. The SMILES string of the molecule is CCCC(=O)N[C@@H](Cc1ccc(O)cc1)C(=O)N[C@@H](CCC(=O)N[C@@H]1C(=O)N[C@@H](Cc2ccc(O)cc2)C(=O)N[C@H]2CC[C@@H](O)N(C2=O)[C@@H](C(C)C)C(=O)N(C)[C@@H](Cc2ccccc2)C(=O)N[C@@H]([C@@H](C)CC)C(=O)O[C@@H]1C)C(=O)O. The maximum absolute atomic E-state index is 14.9. The largest absolute Gasteiger partial charge is 0.508 e. The summed E-state index contributed by atoms with van der Waals surface area (Å²) in [4.78, 5) is 143. The van der Waals surface area contributed by atoms with E-state index < -0.39 is 145 Å². The first kappa shape index (κ1) is 62.8. The first-order valence-corrected chi connectivity index (χ1v) is 27.0. The zero-order valence-electron chi connectivity index (χ0n) is 46.2. The van der Waals surface area contributed by atoms with E-state index in [2.05, 4.69) is 31.9 Å². The Morgan fingerprint density at radius 2 is 1.32 bits per heavy atom. The van der Waals surface area contributed by atoms with E-state index in [-0.39, 0.29) is 50.0 Å². The van der Waals surface area contributed by atoms with Gasteiger partial charge in [-0.05, 0) is 85.4 Å². The number of aliphatic hydroxyl groups excluding tert-OH is 1. The number of nitrogens with zero attached hydrogens (tertiary/aromatic N) is 2. The molecule has 2 aliphatic heterocycles. The average molecular weight is 1110 g/mol. The van der Waals surface area contributed by atoms with Crippen molar-refractivity contribution in [2.75, 3.05) is 7.05 Å². The van der Waals surface area contributed by atoms with Gasteiger partial charge in [0.15, 0.2) is 0 Å². The molecular weight excluding hydrogens is 1040 g/mol. The third kappa shape index (κ3) is 17.2. The van der Waals surface area contributed by atoms with Crippen LogP contribution < -0.4 is 31.9 Å². The van der Waals surface area contributed by atoms with Crippen molar-refractivity contribution >= 4 is 59.2 Å². The Bertz CT molecular complexity index is 2670. The lowest BCUT2D eigenvalue weighted by Gasteiger charge is -2.44. The van der Waals surface area contributed by atoms with E-state index in [0.29, 0.717) is 29.5 Å². The highest BCUT2D eigenvalue weighted by Gasteiger charge is 2.47. The summed E-state index contributed by atoms with van der Waals surface area (Å²) in [5.41, 5.74) is 1.58. The van der Waals surface area contributed by atoms with Crippen LogP contribution in [0.15, 0.2) is 78.9 Å². The number of esters is 1. The number of phenols is 2. The van der Waals surface area contributed by atoms with Crippen LogP contribution in [0.1, 0.15) is 103 Å². The van der Waals surface area contributed by atoms with Crippen LogP contribution in [0.5, 0.6) is 11.5 Å². The number of rotatable bonds is 19. The number of carbonyl (C=O) groups excluding carboxylic acids is 9. The highest BCUT2D eigenvalue weighted by atomic mass is 16.5. The molecule has 11 atom stereocenters. The van der Waals surface area contributed by atoms with E-state index in [4.69, 9.17) is 4.74 Å². The summed E-state index contributed by atoms with van der Waals surface area (Å²) >= 11 is 0. The Kier molecular flexibility index (Phi) is 22.9. The van der Waals surface area contributed by atoms with Crippen LogP contribution in [0.25, 0.3) is 0 Å². The lowest BCUT2D eigenvalue weighted by molar-refractivity contribution is -0.167. The molecule has 0 spiro atoms. The van der Waals surface area contributed by atoms with Crippen LogP contribution in [0.2, 0.25) is 0 Å². The van der Waals surface area contributed by atoms with Gasteiger partial charge in [-0.2, -0.15) is 0 Å². The molecule has 434 valence electrons. The Morgan fingerprint density at radius 3 is 1.91 bits per heavy atom. The Hall–Kier alpha value is -8.08. The highest BCUT2D eigenvalue weighted by Crippen LogP contribution is 2.27. The highest BCUT2D eigenvalue weighted by molar-refractivity contribution is 5.98. The van der Waals surface area contributed by atoms with Gasteiger partial charge in [0.1, 0.15) is 72.2 Å². The molecule has 8 amide bonds. The number of fused-ring (bicyclic) bond motifs is 2. The van der Waals surface area contributed by atoms with Gasteiger partial charge in [0.05, 0.1) is 0 Å². The van der Waals surface area contributed by atoms with Crippen molar-refractivity contribution in [2.45, 2.75) is 166 Å². The molecular formula is C57H76N8O15. The minimum atomic E-state index is -1.85. The first-order chi connectivity index (χ1) is 37.9. The maximum Gasteiger partial charge on any atom is 0.329 e. The molecule has 5 rings (SSSR count). The summed E-state index contributed by atoms with van der Waals surface area (Å²) < 4.78 is 5.94. The molecule has 0 saturated carbocycles. The van der Waals surface area contributed by atoms with Gasteiger partial charge in [0.25, 0.3) is 0 Å². The smallest absolute Gasteiger partial charge is 0.329 e. The molecule has 80 heavy (non-hydrogen) atoms. The fourth-order valence-electron chi connectivity index (χ4n) is 9.56. The number of cyclic esters (lactones) is 1. The normalized spacial score (nSPS) is 23.6. The van der Waals surface area contributed by atoms with Crippen molar-refractivity contribution in [3.05, 3.63) is 95.6 Å². The summed E-state index contributed by atoms with van der Waals surface area (Å²) in [5, 5.41) is 57.1. The fraction of sp³-hybridized carbons (Fsp3) is 0.509. The number of aromatic hydroxyl groups is 2. The minimum absolute atomic E-state index is 0.0443. The predicted molar refractivity (Wildman–Crippen MR) is 289 cm³/mol. The number of aliphatic hydroxyl groups is 1. The third-order valence-corrected chi connectivity index (χ3v) is 14.4. The number of hydrogen-bond acceptors (Lipinski definition) is 14. The lowest BCUT2D eigenvalue weighted by Crippen LogP contribution is -2.66. The summed E-state index contributed by atoms with van der Waals surface area (Å²) in [6.45, 7) is 9.76. The van der Waals surface area contributed by atoms with Crippen molar-refractivity contribution in [3.8, 4) is 11.5 Å². The van der Waals surface area contributed by atoms with Crippen LogP contribution in [0.4, 0.5) is 0 Å². The number of carbonyl (C=O) groups is 10. The molecule has 3 aromatic rings. The van der Waals surface area contributed by atoms with Crippen LogP contribution >= 0.6 is 0 Å². The van der Waals surface area contributed by atoms with Crippen molar-refractivity contribution in [1.29, 1.82) is 0 Å². The molecule has 2 saturated heterocycles. The van der Waals surface area contributed by atoms with Gasteiger partial charge in [-0.15, -0.1) is 0 Å². The summed E-state index contributed by atoms with van der Waals surface area (Å²) in [7, 11) is 1.38.